The zero-order valence-corrected chi connectivity index (χ0v) is 7.32. The summed E-state index contributed by atoms with van der Waals surface area (Å²) in [6.45, 7) is -0.142. The third-order valence-electron chi connectivity index (χ3n) is 1.88. The molecule has 0 bridgehead atoms. The number of carboxylic acids is 1. The average Bonchev–Trinajstić information content (AvgIpc) is 2.64. The molecule has 15 heavy (non-hydrogen) atoms. The van der Waals surface area contributed by atoms with Gasteiger partial charge in [0.1, 0.15) is 0 Å². The number of hydrogen-bond donors (Lipinski definition) is 1. The zero-order valence-electron chi connectivity index (χ0n) is 7.32. The molecule has 78 valence electrons. The molecule has 2 rings (SSSR count). The van der Waals surface area contributed by atoms with E-state index in [1.807, 2.05) is 0 Å². The molecule has 0 radical (unpaired) electrons. The summed E-state index contributed by atoms with van der Waals surface area (Å²) in [4.78, 5) is 21.4. The maximum Gasteiger partial charge on any atom is 0.377 e. The van der Waals surface area contributed by atoms with Crippen molar-refractivity contribution < 1.29 is 28.6 Å². The lowest BCUT2D eigenvalue weighted by Gasteiger charge is -2.00. The third kappa shape index (κ3) is 1.50. The molecule has 1 aliphatic heterocycles. The number of halogens is 1. The largest absolute Gasteiger partial charge is 0.475 e. The fourth-order valence-electron chi connectivity index (χ4n) is 1.22. The van der Waals surface area contributed by atoms with E-state index in [4.69, 9.17) is 14.6 Å². The van der Waals surface area contributed by atoms with Gasteiger partial charge in [0.15, 0.2) is 11.6 Å². The number of ketones is 1. The van der Waals surface area contributed by atoms with Gasteiger partial charge in [0.25, 0.3) is 5.78 Å². The molecular formula is C9H5FO5. The van der Waals surface area contributed by atoms with Gasteiger partial charge in [0.2, 0.25) is 12.5 Å². The second kappa shape index (κ2) is 3.23. The minimum absolute atomic E-state index is 0.0413. The summed E-state index contributed by atoms with van der Waals surface area (Å²) in [7, 11) is 0. The average molecular weight is 212 g/mol. The summed E-state index contributed by atoms with van der Waals surface area (Å²) in [5, 5.41) is 8.43. The molecule has 6 heteroatoms. The number of rotatable bonds is 2. The monoisotopic (exact) mass is 212 g/mol. The van der Waals surface area contributed by atoms with Crippen molar-refractivity contribution in [3.05, 3.63) is 23.5 Å². The Labute approximate surface area is 83.0 Å². The molecule has 0 unspecified atom stereocenters. The normalized spacial score (nSPS) is 12.6. The molecule has 1 heterocycles. The Morgan fingerprint density at radius 2 is 2.07 bits per heavy atom. The fraction of sp³-hybridized carbons (Fsp3) is 0.111. The van der Waals surface area contributed by atoms with Crippen molar-refractivity contribution >= 4 is 11.8 Å². The van der Waals surface area contributed by atoms with Crippen molar-refractivity contribution in [2.45, 2.75) is 0 Å². The highest BCUT2D eigenvalue weighted by Gasteiger charge is 2.24. The molecule has 5 nitrogen and oxygen atoms in total. The molecule has 1 aliphatic rings. The van der Waals surface area contributed by atoms with Crippen molar-refractivity contribution in [3.63, 3.8) is 0 Å². The van der Waals surface area contributed by atoms with Gasteiger partial charge in [-0.15, -0.1) is 0 Å². The van der Waals surface area contributed by atoms with Crippen LogP contribution in [0.4, 0.5) is 4.39 Å². The lowest BCUT2D eigenvalue weighted by Crippen LogP contribution is -2.12. The number of fused-ring (bicyclic) bond motifs is 1. The summed E-state index contributed by atoms with van der Waals surface area (Å²) >= 11 is 0. The first-order chi connectivity index (χ1) is 7.09. The van der Waals surface area contributed by atoms with Gasteiger partial charge in [-0.05, 0) is 12.1 Å². The summed E-state index contributed by atoms with van der Waals surface area (Å²) < 4.78 is 22.8. The van der Waals surface area contributed by atoms with E-state index in [9.17, 15) is 14.0 Å². The van der Waals surface area contributed by atoms with E-state index in [2.05, 4.69) is 0 Å². The zero-order chi connectivity index (χ0) is 11.0. The molecule has 0 aromatic heterocycles. The first kappa shape index (κ1) is 9.45. The highest BCUT2D eigenvalue weighted by Crippen LogP contribution is 2.35. The van der Waals surface area contributed by atoms with Crippen LogP contribution in [0.15, 0.2) is 12.1 Å². The highest BCUT2D eigenvalue weighted by molar-refractivity contribution is 6.39. The van der Waals surface area contributed by atoms with Crippen LogP contribution in [0.5, 0.6) is 11.5 Å². The molecular weight excluding hydrogens is 207 g/mol. The van der Waals surface area contributed by atoms with Gasteiger partial charge in [-0.1, -0.05) is 0 Å². The van der Waals surface area contributed by atoms with Gasteiger partial charge in [0.05, 0.1) is 0 Å². The van der Waals surface area contributed by atoms with Gasteiger partial charge in [-0.2, -0.15) is 0 Å². The first-order valence-electron chi connectivity index (χ1n) is 3.96. The van der Waals surface area contributed by atoms with E-state index in [0.717, 1.165) is 12.1 Å². The fourth-order valence-corrected chi connectivity index (χ4v) is 1.22. The Kier molecular flexibility index (Phi) is 2.03. The van der Waals surface area contributed by atoms with Crippen LogP contribution >= 0.6 is 0 Å². The summed E-state index contributed by atoms with van der Waals surface area (Å²) in [5.41, 5.74) is -0.274. The molecule has 0 atom stereocenters. The molecule has 0 aliphatic carbocycles. The predicted molar refractivity (Wildman–Crippen MR) is 44.5 cm³/mol. The van der Waals surface area contributed by atoms with Crippen molar-refractivity contribution in [2.24, 2.45) is 0 Å². The SMILES string of the molecule is O=C(O)C(=O)c1cc(F)c2c(c1)OCO2. The number of ether oxygens (including phenoxy) is 2. The lowest BCUT2D eigenvalue weighted by atomic mass is 10.1. The number of carboxylic acid groups (broad SMARTS) is 1. The van der Waals surface area contributed by atoms with Gasteiger partial charge < -0.3 is 14.6 Å². The van der Waals surface area contributed by atoms with Crippen LogP contribution in [-0.4, -0.2) is 23.7 Å². The lowest BCUT2D eigenvalue weighted by molar-refractivity contribution is -0.131. The Bertz CT molecular complexity index is 454. The van der Waals surface area contributed by atoms with Crippen LogP contribution in [0.3, 0.4) is 0 Å². The number of carbonyl (C=O) groups excluding carboxylic acids is 1. The second-order valence-corrected chi connectivity index (χ2v) is 2.83. The minimum Gasteiger partial charge on any atom is -0.475 e. The quantitative estimate of drug-likeness (QED) is 0.580. The second-order valence-electron chi connectivity index (χ2n) is 2.83. The van der Waals surface area contributed by atoms with Crippen molar-refractivity contribution in [1.82, 2.24) is 0 Å². The Balaban J connectivity index is 2.48. The van der Waals surface area contributed by atoms with Crippen molar-refractivity contribution in [3.8, 4) is 11.5 Å². The predicted octanol–water partition coefficient (Wildman–Crippen LogP) is 0.822. The smallest absolute Gasteiger partial charge is 0.377 e. The number of benzene rings is 1. The number of hydrogen-bond acceptors (Lipinski definition) is 4. The Morgan fingerprint density at radius 3 is 2.73 bits per heavy atom. The van der Waals surface area contributed by atoms with E-state index >= 15 is 0 Å². The first-order valence-corrected chi connectivity index (χ1v) is 3.96. The van der Waals surface area contributed by atoms with Gasteiger partial charge in [-0.25, -0.2) is 9.18 Å². The summed E-state index contributed by atoms with van der Waals surface area (Å²) in [6, 6.07) is 1.95. The molecule has 0 saturated heterocycles. The van der Waals surface area contributed by atoms with Crippen molar-refractivity contribution in [1.29, 1.82) is 0 Å². The van der Waals surface area contributed by atoms with Crippen LogP contribution < -0.4 is 9.47 Å². The van der Waals surface area contributed by atoms with Crippen molar-refractivity contribution in [2.75, 3.05) is 6.79 Å². The molecule has 0 saturated carbocycles. The molecule has 1 N–H and O–H groups in total. The van der Waals surface area contributed by atoms with E-state index in [0.29, 0.717) is 0 Å². The Hall–Kier alpha value is -2.11. The summed E-state index contributed by atoms with van der Waals surface area (Å²) in [6.07, 6.45) is 0. The van der Waals surface area contributed by atoms with Crippen LogP contribution in [0.1, 0.15) is 10.4 Å². The summed E-state index contributed by atoms with van der Waals surface area (Å²) in [5.74, 6) is -3.70. The standard InChI is InChI=1S/C9H5FO5/c10-5-1-4(7(11)9(12)13)2-6-8(5)15-3-14-6/h1-2H,3H2,(H,12,13). The topological polar surface area (TPSA) is 72.8 Å². The Morgan fingerprint density at radius 1 is 1.33 bits per heavy atom. The van der Waals surface area contributed by atoms with E-state index in [1.165, 1.54) is 0 Å². The molecule has 0 fully saturated rings. The van der Waals surface area contributed by atoms with Gasteiger partial charge >= 0.3 is 5.97 Å². The van der Waals surface area contributed by atoms with E-state index in [-0.39, 0.29) is 23.9 Å². The molecule has 1 aromatic carbocycles. The number of Topliss-reactive ketones (excluding diaryl/α,β-unsaturated/α-hetero) is 1. The van der Waals surface area contributed by atoms with Gasteiger partial charge in [-0.3, -0.25) is 4.79 Å². The highest BCUT2D eigenvalue weighted by atomic mass is 19.1. The van der Waals surface area contributed by atoms with Gasteiger partial charge in [0, 0.05) is 5.56 Å². The molecule has 0 amide bonds. The number of carbonyl (C=O) groups is 2. The minimum atomic E-state index is -1.65. The molecule has 1 aromatic rings. The van der Waals surface area contributed by atoms with E-state index in [1.54, 1.807) is 0 Å². The van der Waals surface area contributed by atoms with Crippen LogP contribution in [0, 0.1) is 5.82 Å². The third-order valence-corrected chi connectivity index (χ3v) is 1.88. The maximum atomic E-state index is 13.2. The van der Waals surface area contributed by atoms with E-state index < -0.39 is 17.6 Å². The number of aliphatic carboxylic acids is 1. The van der Waals surface area contributed by atoms with Crippen LogP contribution in [-0.2, 0) is 4.79 Å². The van der Waals surface area contributed by atoms with Crippen LogP contribution in [0.25, 0.3) is 0 Å². The maximum absolute atomic E-state index is 13.2. The van der Waals surface area contributed by atoms with Crippen LogP contribution in [0.2, 0.25) is 0 Å². The molecule has 0 spiro atoms.